The van der Waals surface area contributed by atoms with Crippen LogP contribution in [0.15, 0.2) is 30.6 Å². The summed E-state index contributed by atoms with van der Waals surface area (Å²) in [5.41, 5.74) is 1.50. The van der Waals surface area contributed by atoms with E-state index >= 15 is 0 Å². The summed E-state index contributed by atoms with van der Waals surface area (Å²) in [5, 5.41) is 3.28. The van der Waals surface area contributed by atoms with Crippen LogP contribution in [0.3, 0.4) is 0 Å². The van der Waals surface area contributed by atoms with Gasteiger partial charge in [-0.1, -0.05) is 19.9 Å². The Morgan fingerprint density at radius 1 is 1.37 bits per heavy atom. The van der Waals surface area contributed by atoms with E-state index in [1.807, 2.05) is 23.8 Å². The molecule has 1 aromatic heterocycles. The lowest BCUT2D eigenvalue weighted by Gasteiger charge is -2.10. The van der Waals surface area contributed by atoms with Gasteiger partial charge in [-0.15, -0.1) is 0 Å². The monoisotopic (exact) mass is 261 g/mol. The molecule has 0 aliphatic heterocycles. The van der Waals surface area contributed by atoms with Gasteiger partial charge in [0.1, 0.15) is 11.6 Å². The van der Waals surface area contributed by atoms with Crippen molar-refractivity contribution >= 4 is 0 Å². The minimum Gasteiger partial charge on any atom is -0.331 e. The van der Waals surface area contributed by atoms with Gasteiger partial charge in [-0.25, -0.2) is 9.37 Å². The second-order valence-corrected chi connectivity index (χ2v) is 4.89. The van der Waals surface area contributed by atoms with Gasteiger partial charge in [0.2, 0.25) is 0 Å². The molecule has 0 saturated carbocycles. The van der Waals surface area contributed by atoms with E-state index in [2.05, 4.69) is 24.1 Å². The van der Waals surface area contributed by atoms with Crippen LogP contribution in [0.5, 0.6) is 0 Å². The molecular weight excluding hydrogens is 241 g/mol. The summed E-state index contributed by atoms with van der Waals surface area (Å²) >= 11 is 0. The minimum atomic E-state index is -0.219. The van der Waals surface area contributed by atoms with Crippen molar-refractivity contribution in [3.8, 4) is 11.4 Å². The number of hydrogen-bond donors (Lipinski definition) is 1. The second kappa shape index (κ2) is 5.97. The number of rotatable bonds is 5. The summed E-state index contributed by atoms with van der Waals surface area (Å²) in [6.07, 6.45) is 3.56. The van der Waals surface area contributed by atoms with Crippen molar-refractivity contribution in [2.24, 2.45) is 0 Å². The first kappa shape index (κ1) is 13.7. The van der Waals surface area contributed by atoms with E-state index in [0.29, 0.717) is 24.0 Å². The van der Waals surface area contributed by atoms with E-state index in [4.69, 9.17) is 0 Å². The smallest absolute Gasteiger partial charge is 0.142 e. The van der Waals surface area contributed by atoms with Gasteiger partial charge in [0, 0.05) is 31.5 Å². The summed E-state index contributed by atoms with van der Waals surface area (Å²) in [4.78, 5) is 4.23. The Morgan fingerprint density at radius 3 is 2.79 bits per heavy atom. The molecule has 1 N–H and O–H groups in total. The molecule has 3 nitrogen and oxygen atoms in total. The Bertz CT molecular complexity index is 546. The molecule has 0 fully saturated rings. The van der Waals surface area contributed by atoms with Gasteiger partial charge in [-0.3, -0.25) is 0 Å². The Labute approximate surface area is 113 Å². The number of hydrogen-bond acceptors (Lipinski definition) is 2. The van der Waals surface area contributed by atoms with Crippen LogP contribution in [0.25, 0.3) is 11.4 Å². The fourth-order valence-electron chi connectivity index (χ4n) is 1.98. The van der Waals surface area contributed by atoms with Gasteiger partial charge < -0.3 is 9.88 Å². The van der Waals surface area contributed by atoms with Crippen molar-refractivity contribution < 1.29 is 4.39 Å². The molecule has 0 spiro atoms. The number of imidazole rings is 1. The first-order valence-electron chi connectivity index (χ1n) is 6.65. The highest BCUT2D eigenvalue weighted by Crippen LogP contribution is 2.22. The SMILES string of the molecule is CCn1ccnc1-c1ccc(CNC(C)C)cc1F. The highest BCUT2D eigenvalue weighted by atomic mass is 19.1. The second-order valence-electron chi connectivity index (χ2n) is 4.89. The van der Waals surface area contributed by atoms with Crippen LogP contribution >= 0.6 is 0 Å². The third-order valence-electron chi connectivity index (χ3n) is 3.05. The molecule has 0 atom stereocenters. The van der Waals surface area contributed by atoms with E-state index in [9.17, 15) is 4.39 Å². The van der Waals surface area contributed by atoms with Crippen LogP contribution < -0.4 is 5.32 Å². The van der Waals surface area contributed by atoms with E-state index in [1.54, 1.807) is 18.3 Å². The summed E-state index contributed by atoms with van der Waals surface area (Å²) in [5.74, 6) is 0.465. The highest BCUT2D eigenvalue weighted by Gasteiger charge is 2.11. The first-order valence-corrected chi connectivity index (χ1v) is 6.65. The van der Waals surface area contributed by atoms with E-state index < -0.39 is 0 Å². The van der Waals surface area contributed by atoms with Gasteiger partial charge in [0.15, 0.2) is 0 Å². The Kier molecular flexibility index (Phi) is 4.32. The van der Waals surface area contributed by atoms with Gasteiger partial charge in [0.05, 0.1) is 5.56 Å². The Balaban J connectivity index is 2.24. The van der Waals surface area contributed by atoms with Gasteiger partial charge in [0.25, 0.3) is 0 Å². The molecule has 102 valence electrons. The van der Waals surface area contributed by atoms with Crippen LogP contribution in [0.4, 0.5) is 4.39 Å². The number of aryl methyl sites for hydroxylation is 1. The van der Waals surface area contributed by atoms with E-state index in [0.717, 1.165) is 12.1 Å². The summed E-state index contributed by atoms with van der Waals surface area (Å²) in [6, 6.07) is 5.73. The molecule has 0 bridgehead atoms. The third-order valence-corrected chi connectivity index (χ3v) is 3.05. The lowest BCUT2D eigenvalue weighted by atomic mass is 10.1. The molecule has 0 aliphatic carbocycles. The number of nitrogens with zero attached hydrogens (tertiary/aromatic N) is 2. The van der Waals surface area contributed by atoms with Crippen molar-refractivity contribution in [1.82, 2.24) is 14.9 Å². The van der Waals surface area contributed by atoms with Crippen molar-refractivity contribution in [2.45, 2.75) is 39.9 Å². The fraction of sp³-hybridized carbons (Fsp3) is 0.400. The number of aromatic nitrogens is 2. The zero-order valence-electron chi connectivity index (χ0n) is 11.7. The van der Waals surface area contributed by atoms with Crippen LogP contribution in [0.2, 0.25) is 0 Å². The maximum absolute atomic E-state index is 14.2. The molecular formula is C15H20FN3. The van der Waals surface area contributed by atoms with Crippen molar-refractivity contribution in [2.75, 3.05) is 0 Å². The van der Waals surface area contributed by atoms with Crippen LogP contribution in [0, 0.1) is 5.82 Å². The molecule has 4 heteroatoms. The molecule has 1 aromatic carbocycles. The quantitative estimate of drug-likeness (QED) is 0.895. The van der Waals surface area contributed by atoms with Crippen molar-refractivity contribution in [3.63, 3.8) is 0 Å². The molecule has 0 saturated heterocycles. The largest absolute Gasteiger partial charge is 0.331 e. The third kappa shape index (κ3) is 3.20. The fourth-order valence-corrected chi connectivity index (χ4v) is 1.98. The molecule has 1 heterocycles. The zero-order valence-corrected chi connectivity index (χ0v) is 11.7. The maximum Gasteiger partial charge on any atom is 0.142 e. The van der Waals surface area contributed by atoms with Crippen LogP contribution in [-0.2, 0) is 13.1 Å². The van der Waals surface area contributed by atoms with Crippen molar-refractivity contribution in [3.05, 3.63) is 42.0 Å². The van der Waals surface area contributed by atoms with Crippen molar-refractivity contribution in [1.29, 1.82) is 0 Å². The molecule has 0 amide bonds. The molecule has 0 unspecified atom stereocenters. The predicted octanol–water partition coefficient (Wildman–Crippen LogP) is 3.21. The standard InChI is InChI=1S/C15H20FN3/c1-4-19-8-7-17-15(19)13-6-5-12(9-14(13)16)10-18-11(2)3/h5-9,11,18H,4,10H2,1-3H3. The van der Waals surface area contributed by atoms with Gasteiger partial charge in [-0.05, 0) is 24.6 Å². The Hall–Kier alpha value is -1.68. The molecule has 0 radical (unpaired) electrons. The van der Waals surface area contributed by atoms with Gasteiger partial charge >= 0.3 is 0 Å². The molecule has 2 rings (SSSR count). The summed E-state index contributed by atoms with van der Waals surface area (Å²) in [6.45, 7) is 7.62. The lowest BCUT2D eigenvalue weighted by Crippen LogP contribution is -2.21. The minimum absolute atomic E-state index is 0.219. The average molecular weight is 261 g/mol. The topological polar surface area (TPSA) is 29.9 Å². The van der Waals surface area contributed by atoms with E-state index in [1.165, 1.54) is 0 Å². The van der Waals surface area contributed by atoms with E-state index in [-0.39, 0.29) is 5.82 Å². The molecule has 19 heavy (non-hydrogen) atoms. The number of nitrogens with one attached hydrogen (secondary N) is 1. The zero-order chi connectivity index (χ0) is 13.8. The predicted molar refractivity (Wildman–Crippen MR) is 75.3 cm³/mol. The summed E-state index contributed by atoms with van der Waals surface area (Å²) < 4.78 is 16.1. The maximum atomic E-state index is 14.2. The average Bonchev–Trinajstić information content (AvgIpc) is 2.84. The highest BCUT2D eigenvalue weighted by molar-refractivity contribution is 5.57. The van der Waals surface area contributed by atoms with Crippen LogP contribution in [0.1, 0.15) is 26.3 Å². The first-order chi connectivity index (χ1) is 9.11. The molecule has 0 aliphatic rings. The number of halogens is 1. The lowest BCUT2D eigenvalue weighted by molar-refractivity contribution is 0.581. The molecule has 2 aromatic rings. The summed E-state index contributed by atoms with van der Waals surface area (Å²) in [7, 11) is 0. The normalized spacial score (nSPS) is 11.2. The Morgan fingerprint density at radius 2 is 2.16 bits per heavy atom. The number of benzene rings is 1. The van der Waals surface area contributed by atoms with Crippen LogP contribution in [-0.4, -0.2) is 15.6 Å². The van der Waals surface area contributed by atoms with Gasteiger partial charge in [-0.2, -0.15) is 0 Å².